The highest BCUT2D eigenvalue weighted by molar-refractivity contribution is 5.78. The maximum absolute atomic E-state index is 4.15. The van der Waals surface area contributed by atoms with E-state index in [4.69, 9.17) is 0 Å². The highest BCUT2D eigenvalue weighted by Gasteiger charge is 2.08. The zero-order chi connectivity index (χ0) is 21.2. The van der Waals surface area contributed by atoms with E-state index in [1.807, 2.05) is 0 Å². The Labute approximate surface area is 169 Å². The van der Waals surface area contributed by atoms with Gasteiger partial charge in [-0.15, -0.1) is 0 Å². The van der Waals surface area contributed by atoms with Crippen LogP contribution in [0.5, 0.6) is 0 Å². The van der Waals surface area contributed by atoms with Crippen molar-refractivity contribution in [2.75, 3.05) is 0 Å². The molecule has 0 heteroatoms. The van der Waals surface area contributed by atoms with Crippen molar-refractivity contribution in [2.24, 2.45) is 11.3 Å². The molecule has 0 nitrogen and oxygen atoms in total. The summed E-state index contributed by atoms with van der Waals surface area (Å²) in [7, 11) is 0. The fourth-order valence-corrected chi connectivity index (χ4v) is 1.68. The molecule has 0 aliphatic carbocycles. The molecule has 148 valence electrons. The van der Waals surface area contributed by atoms with E-state index in [0.29, 0.717) is 5.41 Å². The van der Waals surface area contributed by atoms with Crippen LogP contribution in [0.4, 0.5) is 0 Å². The molecular formula is C27H40. The molecule has 0 heterocycles. The Balaban J connectivity index is 0.000000514. The second kappa shape index (κ2) is 11.6. The smallest absolute Gasteiger partial charge is 0.0178 e. The summed E-state index contributed by atoms with van der Waals surface area (Å²) in [5, 5.41) is 0. The molecule has 2 aromatic carbocycles. The molecule has 0 spiro atoms. The van der Waals surface area contributed by atoms with Crippen molar-refractivity contribution < 1.29 is 0 Å². The number of rotatable bonds is 2. The predicted molar refractivity (Wildman–Crippen MR) is 125 cm³/mol. The SMILES string of the molecule is C=C(C)C(C)(C)C.C=C(c1ccc(C)cc1)c1ccc(C)cc1.CC(C)C. The fraction of sp³-hybridized carbons (Fsp3) is 0.407. The number of aryl methyl sites for hydroxylation is 2. The van der Waals surface area contributed by atoms with E-state index in [0.717, 1.165) is 11.5 Å². The largest absolute Gasteiger partial charge is 0.0996 e. The summed E-state index contributed by atoms with van der Waals surface area (Å²) < 4.78 is 0. The lowest BCUT2D eigenvalue weighted by atomic mass is 9.89. The van der Waals surface area contributed by atoms with Crippen LogP contribution in [0, 0.1) is 25.2 Å². The van der Waals surface area contributed by atoms with Crippen molar-refractivity contribution in [1.29, 1.82) is 0 Å². The molecule has 0 unspecified atom stereocenters. The maximum atomic E-state index is 4.15. The standard InChI is InChI=1S/C16H16.C7H14.C4H10/c1-12-4-8-15(9-5-12)14(3)16-10-6-13(2)7-11-16;1-6(2)7(3,4)5;1-4(2)3/h4-11H,3H2,1-2H3;1H2,2-5H3;4H,1-3H3. The quantitative estimate of drug-likeness (QED) is 0.468. The first-order valence-corrected chi connectivity index (χ1v) is 9.83. The van der Waals surface area contributed by atoms with Gasteiger partial charge in [-0.2, -0.15) is 0 Å². The third kappa shape index (κ3) is 11.3. The number of hydrogen-bond acceptors (Lipinski definition) is 0. The monoisotopic (exact) mass is 364 g/mol. The van der Waals surface area contributed by atoms with Crippen LogP contribution in [0.15, 0.2) is 67.3 Å². The third-order valence-electron chi connectivity index (χ3n) is 4.08. The molecule has 0 saturated carbocycles. The second-order valence-electron chi connectivity index (χ2n) is 8.97. The van der Waals surface area contributed by atoms with Gasteiger partial charge in [0.1, 0.15) is 0 Å². The van der Waals surface area contributed by atoms with E-state index >= 15 is 0 Å². The van der Waals surface area contributed by atoms with Gasteiger partial charge in [0.2, 0.25) is 0 Å². The summed E-state index contributed by atoms with van der Waals surface area (Å²) in [6.07, 6.45) is 0. The number of benzene rings is 2. The highest BCUT2D eigenvalue weighted by Crippen LogP contribution is 2.22. The molecule has 0 aromatic heterocycles. The average molecular weight is 365 g/mol. The summed E-state index contributed by atoms with van der Waals surface area (Å²) in [5.74, 6) is 0.833. The topological polar surface area (TPSA) is 0 Å². The van der Waals surface area contributed by atoms with E-state index in [1.165, 1.54) is 27.8 Å². The Morgan fingerprint density at radius 2 is 0.926 bits per heavy atom. The van der Waals surface area contributed by atoms with E-state index in [1.54, 1.807) is 0 Å². The van der Waals surface area contributed by atoms with Crippen molar-refractivity contribution in [1.82, 2.24) is 0 Å². The molecular weight excluding hydrogens is 324 g/mol. The molecule has 27 heavy (non-hydrogen) atoms. The molecule has 0 N–H and O–H groups in total. The van der Waals surface area contributed by atoms with Crippen LogP contribution in [-0.4, -0.2) is 0 Å². The zero-order valence-electron chi connectivity index (χ0n) is 19.1. The number of hydrogen-bond donors (Lipinski definition) is 0. The Morgan fingerprint density at radius 3 is 1.11 bits per heavy atom. The van der Waals surface area contributed by atoms with E-state index in [2.05, 4.69) is 124 Å². The van der Waals surface area contributed by atoms with Crippen LogP contribution in [0.25, 0.3) is 5.57 Å². The molecule has 0 radical (unpaired) electrons. The van der Waals surface area contributed by atoms with Crippen LogP contribution in [0.2, 0.25) is 0 Å². The van der Waals surface area contributed by atoms with Crippen LogP contribution in [0.3, 0.4) is 0 Å². The summed E-state index contributed by atoms with van der Waals surface area (Å²) in [5.41, 5.74) is 7.57. The van der Waals surface area contributed by atoms with Gasteiger partial charge in [0, 0.05) is 0 Å². The molecule has 0 fully saturated rings. The van der Waals surface area contributed by atoms with Crippen molar-refractivity contribution in [3.8, 4) is 0 Å². The normalized spacial score (nSPS) is 10.3. The van der Waals surface area contributed by atoms with Crippen molar-refractivity contribution >= 4 is 5.57 Å². The van der Waals surface area contributed by atoms with Gasteiger partial charge in [0.15, 0.2) is 0 Å². The molecule has 2 aromatic rings. The van der Waals surface area contributed by atoms with Crippen LogP contribution < -0.4 is 0 Å². The van der Waals surface area contributed by atoms with Crippen molar-refractivity contribution in [2.45, 2.75) is 62.3 Å². The minimum Gasteiger partial charge on any atom is -0.0996 e. The van der Waals surface area contributed by atoms with E-state index < -0.39 is 0 Å². The first-order chi connectivity index (χ1) is 12.3. The van der Waals surface area contributed by atoms with Crippen molar-refractivity contribution in [3.05, 3.63) is 89.5 Å². The summed E-state index contributed by atoms with van der Waals surface area (Å²) in [6, 6.07) is 17.0. The van der Waals surface area contributed by atoms with Gasteiger partial charge in [-0.1, -0.05) is 120 Å². The minimum absolute atomic E-state index is 0.306. The Kier molecular flexibility index (Phi) is 10.7. The van der Waals surface area contributed by atoms with Crippen LogP contribution >= 0.6 is 0 Å². The van der Waals surface area contributed by atoms with Crippen LogP contribution in [0.1, 0.15) is 70.7 Å². The third-order valence-corrected chi connectivity index (χ3v) is 4.08. The molecule has 0 aliphatic heterocycles. The maximum Gasteiger partial charge on any atom is -0.0178 e. The lowest BCUT2D eigenvalue weighted by Crippen LogP contribution is -2.04. The summed E-state index contributed by atoms with van der Waals surface area (Å²) in [4.78, 5) is 0. The molecule has 0 bridgehead atoms. The molecule has 0 saturated heterocycles. The first kappa shape index (κ1) is 24.9. The predicted octanol–water partition coefficient (Wildman–Crippen LogP) is 8.64. The van der Waals surface area contributed by atoms with E-state index in [-0.39, 0.29) is 0 Å². The molecule has 0 amide bonds. The lowest BCUT2D eigenvalue weighted by molar-refractivity contribution is 0.506. The van der Waals surface area contributed by atoms with Gasteiger partial charge >= 0.3 is 0 Å². The van der Waals surface area contributed by atoms with Gasteiger partial charge in [-0.05, 0) is 48.8 Å². The van der Waals surface area contributed by atoms with Crippen molar-refractivity contribution in [3.63, 3.8) is 0 Å². The summed E-state index contributed by atoms with van der Waals surface area (Å²) in [6.45, 7) is 27.2. The molecule has 0 atom stereocenters. The molecule has 2 rings (SSSR count). The minimum atomic E-state index is 0.306. The Morgan fingerprint density at radius 1 is 0.704 bits per heavy atom. The number of allylic oxidation sites excluding steroid dienone is 1. The van der Waals surface area contributed by atoms with E-state index in [9.17, 15) is 0 Å². The van der Waals surface area contributed by atoms with Crippen LogP contribution in [-0.2, 0) is 0 Å². The van der Waals surface area contributed by atoms with Gasteiger partial charge in [0.05, 0.1) is 0 Å². The lowest BCUT2D eigenvalue weighted by Gasteiger charge is -2.16. The highest BCUT2D eigenvalue weighted by atomic mass is 14.1. The summed E-state index contributed by atoms with van der Waals surface area (Å²) >= 11 is 0. The average Bonchev–Trinajstić information content (AvgIpc) is 2.55. The zero-order valence-corrected chi connectivity index (χ0v) is 19.1. The van der Waals surface area contributed by atoms with Gasteiger partial charge in [0.25, 0.3) is 0 Å². The van der Waals surface area contributed by atoms with Gasteiger partial charge in [-0.3, -0.25) is 0 Å². The second-order valence-corrected chi connectivity index (χ2v) is 8.97. The fourth-order valence-electron chi connectivity index (χ4n) is 1.68. The van der Waals surface area contributed by atoms with Gasteiger partial charge < -0.3 is 0 Å². The Bertz CT molecular complexity index is 639. The van der Waals surface area contributed by atoms with Gasteiger partial charge in [-0.25, -0.2) is 0 Å². The first-order valence-electron chi connectivity index (χ1n) is 9.83. The molecule has 0 aliphatic rings. The Hall–Kier alpha value is -2.08.